The lowest BCUT2D eigenvalue weighted by molar-refractivity contribution is 0.554. The van der Waals surface area contributed by atoms with Crippen molar-refractivity contribution in [3.8, 4) is 0 Å². The molecule has 3 heterocycles. The van der Waals surface area contributed by atoms with Gasteiger partial charge in [-0.05, 0) is 24.3 Å². The molecule has 0 spiro atoms. The molecule has 2 aromatic heterocycles. The number of rotatable bonds is 3. The Morgan fingerprint density at radius 1 is 1.38 bits per heavy atom. The van der Waals surface area contributed by atoms with Gasteiger partial charge in [0, 0.05) is 43.3 Å². The number of hydrogen-bond donors (Lipinski definition) is 0. The molecule has 21 heavy (non-hydrogen) atoms. The zero-order valence-electron chi connectivity index (χ0n) is 13.2. The average Bonchev–Trinajstić information content (AvgIpc) is 3.08. The van der Waals surface area contributed by atoms with Crippen molar-refractivity contribution in [2.75, 3.05) is 18.0 Å². The van der Waals surface area contributed by atoms with Gasteiger partial charge in [-0.1, -0.05) is 20.8 Å². The van der Waals surface area contributed by atoms with Gasteiger partial charge in [0.25, 0.3) is 0 Å². The van der Waals surface area contributed by atoms with Crippen molar-refractivity contribution >= 4 is 16.7 Å². The zero-order chi connectivity index (χ0) is 15.0. The topological polar surface area (TPSA) is 46.8 Å². The molecule has 3 rings (SSSR count). The lowest BCUT2D eigenvalue weighted by Gasteiger charge is -2.15. The molecule has 0 bridgehead atoms. The molecular weight excluding hydrogens is 282 g/mol. The van der Waals surface area contributed by atoms with Crippen molar-refractivity contribution in [1.82, 2.24) is 19.1 Å². The van der Waals surface area contributed by atoms with Crippen LogP contribution < -0.4 is 4.90 Å². The summed E-state index contributed by atoms with van der Waals surface area (Å²) in [6, 6.07) is 0. The predicted octanol–water partition coefficient (Wildman–Crippen LogP) is 2.64. The van der Waals surface area contributed by atoms with Gasteiger partial charge in [-0.2, -0.15) is 9.47 Å². The minimum Gasteiger partial charge on any atom is -0.347 e. The summed E-state index contributed by atoms with van der Waals surface area (Å²) in [4.78, 5) is 7.11. The van der Waals surface area contributed by atoms with Crippen LogP contribution >= 0.6 is 11.5 Å². The van der Waals surface area contributed by atoms with E-state index in [-0.39, 0.29) is 5.41 Å². The third kappa shape index (κ3) is 3.26. The summed E-state index contributed by atoms with van der Waals surface area (Å²) >= 11 is 1.53. The van der Waals surface area contributed by atoms with Gasteiger partial charge >= 0.3 is 0 Å². The molecule has 0 aromatic carbocycles. The van der Waals surface area contributed by atoms with E-state index in [1.54, 1.807) is 0 Å². The second-order valence-electron chi connectivity index (χ2n) is 6.98. The minimum absolute atomic E-state index is 0.0313. The highest BCUT2D eigenvalue weighted by Crippen LogP contribution is 2.30. The fourth-order valence-corrected chi connectivity index (χ4v) is 3.62. The third-order valence-electron chi connectivity index (χ3n) is 3.93. The molecule has 0 N–H and O–H groups in total. The Morgan fingerprint density at radius 3 is 2.81 bits per heavy atom. The molecule has 2 aromatic rings. The first-order valence-electron chi connectivity index (χ1n) is 7.48. The van der Waals surface area contributed by atoms with Crippen LogP contribution in [0, 0.1) is 5.92 Å². The summed E-state index contributed by atoms with van der Waals surface area (Å²) in [5.74, 6) is 1.65. The Kier molecular flexibility index (Phi) is 3.73. The van der Waals surface area contributed by atoms with Crippen LogP contribution in [0.2, 0.25) is 0 Å². The molecule has 1 fully saturated rings. The van der Waals surface area contributed by atoms with Gasteiger partial charge in [-0.15, -0.1) is 0 Å². The summed E-state index contributed by atoms with van der Waals surface area (Å²) in [7, 11) is 1.97. The third-order valence-corrected chi connectivity index (χ3v) is 4.70. The highest BCUT2D eigenvalue weighted by molar-refractivity contribution is 7.09. The lowest BCUT2D eigenvalue weighted by atomic mass is 9.96. The quantitative estimate of drug-likeness (QED) is 0.874. The van der Waals surface area contributed by atoms with Crippen LogP contribution in [-0.2, 0) is 18.9 Å². The van der Waals surface area contributed by atoms with E-state index in [9.17, 15) is 0 Å². The molecule has 1 saturated heterocycles. The standard InChI is InChI=1S/C15H23N5S/c1-15(2,3)13-17-14(21-18-13)20-6-5-11(10-20)7-12-8-16-19(4)9-12/h8-9,11H,5-7,10H2,1-4H3. The molecule has 5 nitrogen and oxygen atoms in total. The molecule has 1 atom stereocenters. The van der Waals surface area contributed by atoms with E-state index < -0.39 is 0 Å². The minimum atomic E-state index is 0.0313. The van der Waals surface area contributed by atoms with Crippen LogP contribution in [0.3, 0.4) is 0 Å². The fraction of sp³-hybridized carbons (Fsp3) is 0.667. The van der Waals surface area contributed by atoms with E-state index in [0.717, 1.165) is 30.5 Å². The Bertz CT molecular complexity index is 610. The lowest BCUT2D eigenvalue weighted by Crippen LogP contribution is -2.20. The van der Waals surface area contributed by atoms with E-state index in [4.69, 9.17) is 4.98 Å². The van der Waals surface area contributed by atoms with Crippen molar-refractivity contribution in [3.63, 3.8) is 0 Å². The Hall–Kier alpha value is -1.43. The number of hydrogen-bond acceptors (Lipinski definition) is 5. The molecule has 0 saturated carbocycles. The van der Waals surface area contributed by atoms with Crippen LogP contribution in [0.4, 0.5) is 5.13 Å². The fourth-order valence-electron chi connectivity index (χ4n) is 2.73. The molecule has 1 aliphatic rings. The summed E-state index contributed by atoms with van der Waals surface area (Å²) in [5.41, 5.74) is 1.36. The normalized spacial score (nSPS) is 19.4. The van der Waals surface area contributed by atoms with Gasteiger partial charge in [0.05, 0.1) is 6.20 Å². The van der Waals surface area contributed by atoms with Gasteiger partial charge in [-0.3, -0.25) is 4.68 Å². The molecule has 6 heteroatoms. The number of nitrogens with zero attached hydrogens (tertiary/aromatic N) is 5. The Labute approximate surface area is 130 Å². The molecule has 0 radical (unpaired) electrons. The highest BCUT2D eigenvalue weighted by Gasteiger charge is 2.27. The van der Waals surface area contributed by atoms with E-state index in [1.165, 1.54) is 23.5 Å². The first-order chi connectivity index (χ1) is 9.91. The van der Waals surface area contributed by atoms with Crippen LogP contribution in [0.15, 0.2) is 12.4 Å². The van der Waals surface area contributed by atoms with Crippen LogP contribution in [0.5, 0.6) is 0 Å². The second kappa shape index (κ2) is 5.40. The van der Waals surface area contributed by atoms with Gasteiger partial charge in [0.15, 0.2) is 0 Å². The number of aryl methyl sites for hydroxylation is 1. The van der Waals surface area contributed by atoms with Crippen molar-refractivity contribution in [1.29, 1.82) is 0 Å². The molecule has 0 aliphatic carbocycles. The molecule has 0 amide bonds. The van der Waals surface area contributed by atoms with E-state index >= 15 is 0 Å². The summed E-state index contributed by atoms with van der Waals surface area (Å²) in [6.07, 6.45) is 6.42. The maximum Gasteiger partial charge on any atom is 0.205 e. The Balaban J connectivity index is 1.63. The van der Waals surface area contributed by atoms with Crippen LogP contribution in [0.1, 0.15) is 38.6 Å². The first kappa shape index (κ1) is 14.5. The smallest absolute Gasteiger partial charge is 0.205 e. The second-order valence-corrected chi connectivity index (χ2v) is 7.71. The van der Waals surface area contributed by atoms with E-state index in [0.29, 0.717) is 5.92 Å². The van der Waals surface area contributed by atoms with Crippen LogP contribution in [-0.4, -0.2) is 32.2 Å². The highest BCUT2D eigenvalue weighted by atomic mass is 32.1. The summed E-state index contributed by atoms with van der Waals surface area (Å²) in [5, 5.41) is 5.33. The van der Waals surface area contributed by atoms with Crippen molar-refractivity contribution in [2.24, 2.45) is 13.0 Å². The first-order valence-corrected chi connectivity index (χ1v) is 8.26. The molecule has 114 valence electrons. The largest absolute Gasteiger partial charge is 0.347 e. The summed E-state index contributed by atoms with van der Waals surface area (Å²) < 4.78 is 6.40. The van der Waals surface area contributed by atoms with Crippen LogP contribution in [0.25, 0.3) is 0 Å². The maximum absolute atomic E-state index is 4.73. The van der Waals surface area contributed by atoms with E-state index in [1.807, 2.05) is 17.9 Å². The van der Waals surface area contributed by atoms with Gasteiger partial charge in [0.2, 0.25) is 5.13 Å². The average molecular weight is 305 g/mol. The van der Waals surface area contributed by atoms with Gasteiger partial charge in [-0.25, -0.2) is 4.98 Å². The zero-order valence-corrected chi connectivity index (χ0v) is 14.0. The number of aromatic nitrogens is 4. The molecular formula is C15H23N5S. The molecule has 1 aliphatic heterocycles. The monoisotopic (exact) mass is 305 g/mol. The van der Waals surface area contributed by atoms with E-state index in [2.05, 4.69) is 41.3 Å². The van der Waals surface area contributed by atoms with Crippen molar-refractivity contribution < 1.29 is 0 Å². The van der Waals surface area contributed by atoms with Crippen molar-refractivity contribution in [3.05, 3.63) is 23.8 Å². The van der Waals surface area contributed by atoms with Gasteiger partial charge < -0.3 is 4.90 Å². The van der Waals surface area contributed by atoms with Crippen molar-refractivity contribution in [2.45, 2.75) is 39.0 Å². The predicted molar refractivity (Wildman–Crippen MR) is 85.8 cm³/mol. The van der Waals surface area contributed by atoms with Gasteiger partial charge in [0.1, 0.15) is 5.82 Å². The Morgan fingerprint density at radius 2 is 2.19 bits per heavy atom. The number of anilines is 1. The maximum atomic E-state index is 4.73. The summed E-state index contributed by atoms with van der Waals surface area (Å²) in [6.45, 7) is 8.65. The SMILES string of the molecule is Cn1cc(CC2CCN(c3nc(C(C)(C)C)ns3)C2)cn1. The molecule has 1 unspecified atom stereocenters.